The summed E-state index contributed by atoms with van der Waals surface area (Å²) in [6.45, 7) is 0. The molecule has 0 aliphatic rings. The Balaban J connectivity index is 7.45. The Morgan fingerprint density at radius 2 is 0.667 bits per heavy atom. The van der Waals surface area contributed by atoms with Gasteiger partial charge in [-0.1, -0.05) is 0 Å². The van der Waals surface area contributed by atoms with Crippen LogP contribution in [0.2, 0.25) is 0 Å². The van der Waals surface area contributed by atoms with Crippen molar-refractivity contribution in [1.29, 1.82) is 0 Å². The van der Waals surface area contributed by atoms with E-state index in [1.807, 2.05) is 0 Å². The molecular formula is CuS5. The Morgan fingerprint density at radius 1 is 0.667 bits per heavy atom. The minimum atomic E-state index is -2.90. The summed E-state index contributed by atoms with van der Waals surface area (Å²) in [5, 5.41) is 0. The van der Waals surface area contributed by atoms with Crippen molar-refractivity contribution in [1.82, 2.24) is 0 Å². The first-order valence-electron chi connectivity index (χ1n) is 0.615. The molecule has 0 amide bonds. The summed E-state index contributed by atoms with van der Waals surface area (Å²) >= 11 is 0. The molecule has 0 fully saturated rings. The molecule has 0 spiro atoms. The number of hydrogen-bond donors (Lipinski definition) is 0. The Labute approximate surface area is 55.8 Å². The van der Waals surface area contributed by atoms with Crippen LogP contribution in [0.25, 0.3) is 0 Å². The van der Waals surface area contributed by atoms with Crippen molar-refractivity contribution < 1.29 is 3.64 Å². The molecule has 0 aromatic rings. The molecule has 0 aliphatic heterocycles. The van der Waals surface area contributed by atoms with E-state index in [0.717, 1.165) is 0 Å². The standard InChI is InChI=1S/Cu.5S. The van der Waals surface area contributed by atoms with Crippen LogP contribution in [0.15, 0.2) is 0 Å². The summed E-state index contributed by atoms with van der Waals surface area (Å²) in [4.78, 5) is 0. The van der Waals surface area contributed by atoms with Crippen LogP contribution in [0.5, 0.6) is 0 Å². The third kappa shape index (κ3) is 45.7. The van der Waals surface area contributed by atoms with Gasteiger partial charge in [-0.05, 0) is 0 Å². The molecular weight excluding hydrogens is 224 g/mol. The fourth-order valence-corrected chi connectivity index (χ4v) is 0. The van der Waals surface area contributed by atoms with Crippen LogP contribution in [0, 0.1) is 0 Å². The van der Waals surface area contributed by atoms with Gasteiger partial charge in [0.2, 0.25) is 0 Å². The molecule has 0 rings (SSSR count). The van der Waals surface area contributed by atoms with E-state index in [1.165, 1.54) is 0 Å². The summed E-state index contributed by atoms with van der Waals surface area (Å²) in [6, 6.07) is 0. The van der Waals surface area contributed by atoms with Crippen LogP contribution in [-0.2, 0) is 3.64 Å². The Bertz CT molecular complexity index is 274. The minimum absolute atomic E-state index is 2.90. The van der Waals surface area contributed by atoms with Gasteiger partial charge in [0.1, 0.15) is 0 Å². The maximum absolute atomic E-state index is 4.40. The molecule has 0 bridgehead atoms. The van der Waals surface area contributed by atoms with Crippen molar-refractivity contribution in [3.05, 3.63) is 0 Å². The second kappa shape index (κ2) is 1.55. The van der Waals surface area contributed by atoms with Crippen LogP contribution in [0.1, 0.15) is 0 Å². The van der Waals surface area contributed by atoms with Gasteiger partial charge in [0, 0.05) is 0 Å². The van der Waals surface area contributed by atoms with Crippen LogP contribution in [-0.4, -0.2) is 0 Å². The molecule has 0 radical (unpaired) electrons. The average molecular weight is 224 g/mol. The monoisotopic (exact) mass is 223 g/mol. The average Bonchev–Trinajstić information content (AvgIpc) is 0.650. The topological polar surface area (TPSA) is 0 Å². The quantitative estimate of drug-likeness (QED) is 0.577. The molecule has 41 valence electrons. The van der Waals surface area contributed by atoms with Gasteiger partial charge in [0.25, 0.3) is 0 Å². The molecule has 0 saturated heterocycles. The van der Waals surface area contributed by atoms with Crippen molar-refractivity contribution in [2.75, 3.05) is 0 Å². The molecule has 0 aromatic heterocycles. The van der Waals surface area contributed by atoms with E-state index in [-0.39, 0.29) is 0 Å². The normalized spacial score (nSPS) is 18.3. The third-order valence-corrected chi connectivity index (χ3v) is 0. The second-order valence-electron chi connectivity index (χ2n) is 0.503. The van der Waals surface area contributed by atoms with E-state index in [2.05, 4.69) is 52.8 Å². The predicted molar refractivity (Wildman–Crippen MR) is 38.0 cm³/mol. The third-order valence-electron chi connectivity index (χ3n) is 0. The van der Waals surface area contributed by atoms with Crippen molar-refractivity contribution >= 4 is 52.8 Å². The van der Waals surface area contributed by atoms with Gasteiger partial charge in [-0.25, -0.2) is 0 Å². The molecule has 6 heavy (non-hydrogen) atoms. The summed E-state index contributed by atoms with van der Waals surface area (Å²) in [7, 11) is 22.0. The van der Waals surface area contributed by atoms with Gasteiger partial charge < -0.3 is 0 Å². The summed E-state index contributed by atoms with van der Waals surface area (Å²) in [6.07, 6.45) is 0. The Kier molecular flexibility index (Phi) is 1.97. The zero-order valence-corrected chi connectivity index (χ0v) is 7.37. The molecule has 0 aliphatic carbocycles. The van der Waals surface area contributed by atoms with Gasteiger partial charge >= 0.3 is 56.4 Å². The number of rotatable bonds is 0. The van der Waals surface area contributed by atoms with Crippen molar-refractivity contribution in [2.24, 2.45) is 0 Å². The van der Waals surface area contributed by atoms with Gasteiger partial charge in [0.05, 0.1) is 0 Å². The summed E-state index contributed by atoms with van der Waals surface area (Å²) in [5.41, 5.74) is 0. The Morgan fingerprint density at radius 3 is 0.667 bits per heavy atom. The van der Waals surface area contributed by atoms with Gasteiger partial charge in [-0.15, -0.1) is 0 Å². The summed E-state index contributed by atoms with van der Waals surface area (Å²) < 4.78 is -2.90. The van der Waals surface area contributed by atoms with Crippen LogP contribution < -0.4 is 0 Å². The van der Waals surface area contributed by atoms with Gasteiger partial charge in [-0.3, -0.25) is 0 Å². The molecule has 0 atom stereocenters. The van der Waals surface area contributed by atoms with E-state index >= 15 is 0 Å². The molecule has 6 heteroatoms. The van der Waals surface area contributed by atoms with Gasteiger partial charge in [0.15, 0.2) is 0 Å². The van der Waals surface area contributed by atoms with Crippen LogP contribution in [0.3, 0.4) is 0 Å². The van der Waals surface area contributed by atoms with E-state index in [9.17, 15) is 0 Å². The molecule has 0 heterocycles. The molecule has 0 nitrogen and oxygen atoms in total. The molecule has 0 N–H and O–H groups in total. The zero-order valence-electron chi connectivity index (χ0n) is 2.34. The number of hydrogen-bond acceptors (Lipinski definition) is 5. The van der Waals surface area contributed by atoms with Crippen molar-refractivity contribution in [2.45, 2.75) is 0 Å². The maximum atomic E-state index is 4.40. The molecule has 0 aromatic carbocycles. The fraction of sp³-hybridized carbons (Fsp3) is 0. The first kappa shape index (κ1) is 7.62. The second-order valence-corrected chi connectivity index (χ2v) is 18.6. The predicted octanol–water partition coefficient (Wildman–Crippen LogP) is 3.24. The van der Waals surface area contributed by atoms with Crippen LogP contribution >= 0.6 is 52.8 Å². The Hall–Kier alpha value is 1.62. The van der Waals surface area contributed by atoms with E-state index in [1.54, 1.807) is 0 Å². The van der Waals surface area contributed by atoms with E-state index in [0.29, 0.717) is 0 Å². The van der Waals surface area contributed by atoms with Crippen LogP contribution in [0.4, 0.5) is 0 Å². The first-order valence-corrected chi connectivity index (χ1v) is 7.61. The van der Waals surface area contributed by atoms with Crippen molar-refractivity contribution in [3.63, 3.8) is 0 Å². The van der Waals surface area contributed by atoms with E-state index < -0.39 is 3.64 Å². The molecule has 0 saturated carbocycles. The zero-order chi connectivity index (χ0) is 5.45. The first-order chi connectivity index (χ1) is 2.24. The van der Waals surface area contributed by atoms with Crippen molar-refractivity contribution in [3.8, 4) is 0 Å². The SMILES string of the molecule is [S]=[Cu](=[S])(=[S])(=[S])=[S]. The summed E-state index contributed by atoms with van der Waals surface area (Å²) in [5.74, 6) is 0. The molecule has 0 unspecified atom stereocenters. The van der Waals surface area contributed by atoms with Gasteiger partial charge in [-0.2, -0.15) is 0 Å². The van der Waals surface area contributed by atoms with E-state index in [4.69, 9.17) is 0 Å². The fourth-order valence-electron chi connectivity index (χ4n) is 0.